The summed E-state index contributed by atoms with van der Waals surface area (Å²) in [7, 11) is 1.87. The Morgan fingerprint density at radius 2 is 1.97 bits per heavy atom. The summed E-state index contributed by atoms with van der Waals surface area (Å²) >= 11 is 3.41. The molecule has 0 fully saturated rings. The van der Waals surface area contributed by atoms with Gasteiger partial charge in [-0.15, -0.1) is 0 Å². The molecule has 2 aromatic carbocycles. The summed E-state index contributed by atoms with van der Waals surface area (Å²) in [5, 5.41) is 7.63. The van der Waals surface area contributed by atoms with Crippen molar-refractivity contribution >= 4 is 33.4 Å². The predicted molar refractivity (Wildman–Crippen MR) is 128 cm³/mol. The van der Waals surface area contributed by atoms with Gasteiger partial charge in [-0.2, -0.15) is 0 Å². The van der Waals surface area contributed by atoms with Crippen molar-refractivity contribution in [1.29, 1.82) is 5.41 Å². The lowest BCUT2D eigenvalue weighted by Gasteiger charge is -2.25. The minimum atomic E-state index is -0.444. The Morgan fingerprint density at radius 3 is 2.50 bits per heavy atom. The fourth-order valence-electron chi connectivity index (χ4n) is 3.27. The van der Waals surface area contributed by atoms with Crippen molar-refractivity contribution in [3.63, 3.8) is 0 Å². The Kier molecular flexibility index (Phi) is 7.40. The van der Waals surface area contributed by atoms with Crippen molar-refractivity contribution in [3.8, 4) is 11.5 Å². The molecule has 1 aromatic heterocycles. The van der Waals surface area contributed by atoms with E-state index in [1.54, 1.807) is 24.3 Å². The zero-order valence-corrected chi connectivity index (χ0v) is 20.1. The standard InChI is InChI=1S/C23H27BrFN5O2/c1-5-31-18-10-16(21(25)19(11-18)32-14(2)3)12-30(23-28-20(24)13-29(23)4)17-8-6-15(7-9-17)22(26)27/h6-11,13-14H,5,12H2,1-4H3,(H3,26,27). The van der Waals surface area contributed by atoms with Crippen LogP contribution < -0.4 is 20.1 Å². The van der Waals surface area contributed by atoms with Crippen LogP contribution in [0.15, 0.2) is 47.2 Å². The number of nitrogen functional groups attached to an aromatic ring is 1. The van der Waals surface area contributed by atoms with Crippen molar-refractivity contribution in [3.05, 3.63) is 64.1 Å². The number of halogens is 2. The van der Waals surface area contributed by atoms with Crippen LogP contribution in [0, 0.1) is 11.2 Å². The number of hydrogen-bond donors (Lipinski definition) is 2. The first-order chi connectivity index (χ1) is 15.2. The molecule has 0 amide bonds. The molecule has 0 saturated carbocycles. The Labute approximate surface area is 195 Å². The van der Waals surface area contributed by atoms with E-state index in [2.05, 4.69) is 20.9 Å². The average Bonchev–Trinajstić information content (AvgIpc) is 3.06. The molecule has 0 spiro atoms. The van der Waals surface area contributed by atoms with Gasteiger partial charge in [0.2, 0.25) is 5.95 Å². The molecule has 0 unspecified atom stereocenters. The number of nitrogens with two attached hydrogens (primary N) is 1. The van der Waals surface area contributed by atoms with Gasteiger partial charge in [0.15, 0.2) is 11.6 Å². The highest BCUT2D eigenvalue weighted by molar-refractivity contribution is 9.10. The lowest BCUT2D eigenvalue weighted by molar-refractivity contribution is 0.228. The van der Waals surface area contributed by atoms with Gasteiger partial charge < -0.3 is 24.7 Å². The van der Waals surface area contributed by atoms with Gasteiger partial charge in [0.1, 0.15) is 16.2 Å². The summed E-state index contributed by atoms with van der Waals surface area (Å²) < 4.78 is 29.3. The van der Waals surface area contributed by atoms with Gasteiger partial charge in [0, 0.05) is 36.1 Å². The molecule has 0 aliphatic rings. The summed E-state index contributed by atoms with van der Waals surface area (Å²) in [6, 6.07) is 10.4. The molecule has 7 nitrogen and oxygen atoms in total. The van der Waals surface area contributed by atoms with Crippen LogP contribution in [0.5, 0.6) is 11.5 Å². The van der Waals surface area contributed by atoms with Crippen LogP contribution >= 0.6 is 15.9 Å². The monoisotopic (exact) mass is 503 g/mol. The Morgan fingerprint density at radius 1 is 1.28 bits per heavy atom. The van der Waals surface area contributed by atoms with E-state index in [4.69, 9.17) is 20.6 Å². The van der Waals surface area contributed by atoms with E-state index in [1.165, 1.54) is 0 Å². The minimum Gasteiger partial charge on any atom is -0.494 e. The number of rotatable bonds is 9. The third kappa shape index (κ3) is 5.40. The lowest BCUT2D eigenvalue weighted by atomic mass is 10.1. The zero-order valence-electron chi connectivity index (χ0n) is 18.5. The molecule has 170 valence electrons. The molecule has 9 heteroatoms. The number of anilines is 2. The average molecular weight is 504 g/mol. The van der Waals surface area contributed by atoms with Crippen molar-refractivity contribution < 1.29 is 13.9 Å². The largest absolute Gasteiger partial charge is 0.494 e. The van der Waals surface area contributed by atoms with Gasteiger partial charge in [0.05, 0.1) is 19.3 Å². The number of ether oxygens (including phenoxy) is 2. The van der Waals surface area contributed by atoms with Crippen LogP contribution in [-0.4, -0.2) is 28.1 Å². The molecule has 0 atom stereocenters. The fraction of sp³-hybridized carbons (Fsp3) is 0.304. The van der Waals surface area contributed by atoms with Crippen LogP contribution in [0.4, 0.5) is 16.0 Å². The number of hydrogen-bond acceptors (Lipinski definition) is 5. The molecule has 3 N–H and O–H groups in total. The minimum absolute atomic E-state index is 0.0197. The molecular formula is C23H27BrFN5O2. The second kappa shape index (κ2) is 10.0. The zero-order chi connectivity index (χ0) is 23.4. The normalized spacial score (nSPS) is 11.0. The van der Waals surface area contributed by atoms with E-state index in [9.17, 15) is 0 Å². The Balaban J connectivity index is 2.09. The summed E-state index contributed by atoms with van der Waals surface area (Å²) in [6.07, 6.45) is 1.64. The maximum absolute atomic E-state index is 15.4. The Hall–Kier alpha value is -3.07. The topological polar surface area (TPSA) is 89.4 Å². The van der Waals surface area contributed by atoms with Crippen molar-refractivity contribution in [2.45, 2.75) is 33.4 Å². The van der Waals surface area contributed by atoms with E-state index in [1.807, 2.05) is 55.6 Å². The van der Waals surface area contributed by atoms with E-state index in [0.717, 1.165) is 5.69 Å². The molecule has 1 heterocycles. The van der Waals surface area contributed by atoms with Crippen LogP contribution in [0.1, 0.15) is 31.9 Å². The number of nitrogens with zero attached hydrogens (tertiary/aromatic N) is 3. The molecule has 3 aromatic rings. The summed E-state index contributed by atoms with van der Waals surface area (Å²) in [5.74, 6) is 0.829. The summed E-state index contributed by atoms with van der Waals surface area (Å²) in [5.41, 5.74) is 7.37. The lowest BCUT2D eigenvalue weighted by Crippen LogP contribution is -2.21. The van der Waals surface area contributed by atoms with Crippen molar-refractivity contribution in [1.82, 2.24) is 9.55 Å². The fourth-order valence-corrected chi connectivity index (χ4v) is 3.74. The number of benzene rings is 2. The van der Waals surface area contributed by atoms with Crippen LogP contribution in [0.2, 0.25) is 0 Å². The highest BCUT2D eigenvalue weighted by Gasteiger charge is 2.21. The van der Waals surface area contributed by atoms with Gasteiger partial charge >= 0.3 is 0 Å². The number of nitrogens with one attached hydrogen (secondary N) is 1. The molecule has 0 bridgehead atoms. The maximum Gasteiger partial charge on any atom is 0.211 e. The number of aryl methyl sites for hydroxylation is 1. The number of imidazole rings is 1. The van der Waals surface area contributed by atoms with Crippen molar-refractivity contribution in [2.75, 3.05) is 11.5 Å². The number of amidine groups is 1. The van der Waals surface area contributed by atoms with Crippen LogP contribution in [0.25, 0.3) is 0 Å². The van der Waals surface area contributed by atoms with Gasteiger partial charge in [-0.25, -0.2) is 9.37 Å². The molecule has 32 heavy (non-hydrogen) atoms. The SMILES string of the molecule is CCOc1cc(CN(c2ccc(C(=N)N)cc2)c2nc(Br)cn2C)c(F)c(OC(C)C)c1. The third-order valence-corrected chi connectivity index (χ3v) is 5.03. The highest BCUT2D eigenvalue weighted by atomic mass is 79.9. The van der Waals surface area contributed by atoms with E-state index in [-0.39, 0.29) is 24.2 Å². The molecule has 0 aliphatic carbocycles. The molecular weight excluding hydrogens is 477 g/mol. The maximum atomic E-state index is 15.4. The van der Waals surface area contributed by atoms with Gasteiger partial charge in [-0.3, -0.25) is 5.41 Å². The predicted octanol–water partition coefficient (Wildman–Crippen LogP) is 5.13. The third-order valence-electron chi connectivity index (χ3n) is 4.64. The smallest absolute Gasteiger partial charge is 0.211 e. The van der Waals surface area contributed by atoms with Crippen LogP contribution in [-0.2, 0) is 13.6 Å². The van der Waals surface area contributed by atoms with Gasteiger partial charge in [-0.05, 0) is 67.0 Å². The second-order valence-corrected chi connectivity index (χ2v) is 8.33. The number of aromatic nitrogens is 2. The van der Waals surface area contributed by atoms with Crippen molar-refractivity contribution in [2.24, 2.45) is 12.8 Å². The van der Waals surface area contributed by atoms with E-state index >= 15 is 4.39 Å². The van der Waals surface area contributed by atoms with E-state index < -0.39 is 5.82 Å². The quantitative estimate of drug-likeness (QED) is 0.312. The molecule has 0 radical (unpaired) electrons. The van der Waals surface area contributed by atoms with E-state index in [0.29, 0.717) is 34.0 Å². The van der Waals surface area contributed by atoms with Gasteiger partial charge in [-0.1, -0.05) is 0 Å². The molecule has 0 aliphatic heterocycles. The van der Waals surface area contributed by atoms with Crippen LogP contribution in [0.3, 0.4) is 0 Å². The second-order valence-electron chi connectivity index (χ2n) is 7.52. The first kappa shape index (κ1) is 23.6. The van der Waals surface area contributed by atoms with Gasteiger partial charge in [0.25, 0.3) is 0 Å². The Bertz CT molecular complexity index is 1100. The highest BCUT2D eigenvalue weighted by Crippen LogP contribution is 2.33. The molecule has 3 rings (SSSR count). The molecule has 0 saturated heterocycles. The first-order valence-corrected chi connectivity index (χ1v) is 11.0. The summed E-state index contributed by atoms with van der Waals surface area (Å²) in [6.45, 7) is 6.20. The summed E-state index contributed by atoms with van der Waals surface area (Å²) in [4.78, 5) is 6.43. The first-order valence-electron chi connectivity index (χ1n) is 10.2.